The van der Waals surface area contributed by atoms with Crippen molar-refractivity contribution < 1.29 is 8.42 Å². The Morgan fingerprint density at radius 2 is 1.83 bits per heavy atom. The molecule has 29 heavy (non-hydrogen) atoms. The fourth-order valence-corrected chi connectivity index (χ4v) is 5.35. The van der Waals surface area contributed by atoms with Gasteiger partial charge >= 0.3 is 0 Å². The zero-order valence-electron chi connectivity index (χ0n) is 15.9. The molecule has 1 saturated carbocycles. The van der Waals surface area contributed by atoms with Crippen LogP contribution in [0.1, 0.15) is 18.9 Å². The Hall–Kier alpha value is -1.45. The van der Waals surface area contributed by atoms with Crippen LogP contribution in [0.15, 0.2) is 63.8 Å². The van der Waals surface area contributed by atoms with Gasteiger partial charge in [-0.05, 0) is 37.1 Å². The van der Waals surface area contributed by atoms with Crippen molar-refractivity contribution in [1.82, 2.24) is 8.87 Å². The summed E-state index contributed by atoms with van der Waals surface area (Å²) in [7, 11) is -0.617. The van der Waals surface area contributed by atoms with Gasteiger partial charge in [0.2, 0.25) is 10.0 Å². The number of sulfonamides is 1. The number of para-hydroxylation sites is 1. The summed E-state index contributed by atoms with van der Waals surface area (Å²) < 4.78 is 28.7. The number of nitrogens with zero attached hydrogens (tertiary/aromatic N) is 3. The summed E-state index contributed by atoms with van der Waals surface area (Å²) in [5.41, 5.74) is 2.69. The molecular formula is C20H21BrClN3O2S2. The Labute approximate surface area is 190 Å². The van der Waals surface area contributed by atoms with E-state index in [-0.39, 0.29) is 26.9 Å². The van der Waals surface area contributed by atoms with E-state index in [0.717, 1.165) is 34.6 Å². The van der Waals surface area contributed by atoms with E-state index < -0.39 is 10.0 Å². The first-order chi connectivity index (χ1) is 13.4. The zero-order valence-corrected chi connectivity index (χ0v) is 20.1. The molecule has 1 aromatic heterocycles. The second-order valence-corrected chi connectivity index (χ2v) is 10.2. The van der Waals surface area contributed by atoms with Gasteiger partial charge in [-0.25, -0.2) is 17.7 Å². The molecule has 0 unspecified atom stereocenters. The molecule has 0 atom stereocenters. The van der Waals surface area contributed by atoms with E-state index in [1.165, 1.54) is 18.4 Å². The van der Waals surface area contributed by atoms with Gasteiger partial charge in [0.25, 0.3) is 0 Å². The van der Waals surface area contributed by atoms with Crippen molar-refractivity contribution in [3.8, 4) is 11.3 Å². The molecule has 0 saturated heterocycles. The van der Waals surface area contributed by atoms with Crippen molar-refractivity contribution in [2.24, 2.45) is 4.99 Å². The Bertz CT molecular complexity index is 1180. The maximum absolute atomic E-state index is 12.6. The first-order valence-electron chi connectivity index (χ1n) is 8.90. The van der Waals surface area contributed by atoms with Crippen molar-refractivity contribution >= 4 is 55.6 Å². The van der Waals surface area contributed by atoms with Crippen molar-refractivity contribution in [3.05, 3.63) is 63.7 Å². The van der Waals surface area contributed by atoms with Crippen molar-refractivity contribution in [1.29, 1.82) is 0 Å². The molecule has 1 aliphatic carbocycles. The Balaban J connectivity index is 0.00000240. The summed E-state index contributed by atoms with van der Waals surface area (Å²) in [4.78, 5) is 5.82. The fraction of sp³-hybridized carbons (Fsp3) is 0.250. The molecule has 4 rings (SSSR count). The third kappa shape index (κ3) is 4.51. The number of hydrogen-bond donors (Lipinski definition) is 0. The average molecular weight is 515 g/mol. The van der Waals surface area contributed by atoms with E-state index in [2.05, 4.69) is 4.57 Å². The highest BCUT2D eigenvalue weighted by molar-refractivity contribution is 8.93. The van der Waals surface area contributed by atoms with Gasteiger partial charge in [0.05, 0.1) is 16.4 Å². The summed E-state index contributed by atoms with van der Waals surface area (Å²) in [6.45, 7) is 0. The summed E-state index contributed by atoms with van der Waals surface area (Å²) in [6.07, 6.45) is 2.20. The lowest BCUT2D eigenvalue weighted by Gasteiger charge is -2.14. The van der Waals surface area contributed by atoms with Gasteiger partial charge < -0.3 is 4.57 Å². The second kappa shape index (κ2) is 8.73. The predicted molar refractivity (Wildman–Crippen MR) is 124 cm³/mol. The SMILES string of the molecule is Br.CN(C)S(=O)(=O)c1cc(-c2cs/c(=N/c3ccccc3)n2C2CC2)ccc1Cl. The Morgan fingerprint density at radius 3 is 2.45 bits per heavy atom. The van der Waals surface area contributed by atoms with Crippen molar-refractivity contribution in [3.63, 3.8) is 0 Å². The molecule has 154 valence electrons. The molecule has 0 radical (unpaired) electrons. The van der Waals surface area contributed by atoms with E-state index in [1.807, 2.05) is 41.8 Å². The van der Waals surface area contributed by atoms with Crippen LogP contribution in [-0.4, -0.2) is 31.4 Å². The zero-order chi connectivity index (χ0) is 19.9. The van der Waals surface area contributed by atoms with E-state index >= 15 is 0 Å². The molecule has 1 heterocycles. The molecule has 3 aromatic rings. The number of rotatable bonds is 5. The van der Waals surface area contributed by atoms with Crippen molar-refractivity contribution in [2.75, 3.05) is 14.1 Å². The molecule has 0 amide bonds. The third-order valence-electron chi connectivity index (χ3n) is 4.62. The molecule has 2 aromatic carbocycles. The van der Waals surface area contributed by atoms with Crippen LogP contribution in [0.25, 0.3) is 11.3 Å². The number of hydrogen-bond acceptors (Lipinski definition) is 4. The maximum Gasteiger partial charge on any atom is 0.244 e. The van der Waals surface area contributed by atoms with Gasteiger partial charge in [-0.1, -0.05) is 35.9 Å². The number of thiazole rings is 1. The summed E-state index contributed by atoms with van der Waals surface area (Å²) in [6, 6.07) is 15.4. The van der Waals surface area contributed by atoms with Crippen LogP contribution < -0.4 is 4.80 Å². The van der Waals surface area contributed by atoms with Gasteiger partial charge in [-0.3, -0.25) is 0 Å². The van der Waals surface area contributed by atoms with Gasteiger partial charge in [-0.15, -0.1) is 28.3 Å². The van der Waals surface area contributed by atoms with Crippen LogP contribution >= 0.6 is 39.9 Å². The lowest BCUT2D eigenvalue weighted by molar-refractivity contribution is 0.521. The average Bonchev–Trinajstić information content (AvgIpc) is 3.43. The van der Waals surface area contributed by atoms with Crippen molar-refractivity contribution in [2.45, 2.75) is 23.8 Å². The lowest BCUT2D eigenvalue weighted by atomic mass is 10.2. The lowest BCUT2D eigenvalue weighted by Crippen LogP contribution is -2.22. The standard InChI is InChI=1S/C20H20ClN3O2S2.BrH/c1-23(2)28(25,26)19-12-14(8-11-17(19)21)18-13-27-20(24(18)16-9-10-16)22-15-6-4-3-5-7-15;/h3-8,11-13,16H,9-10H2,1-2H3;1H/b22-20+;. The highest BCUT2D eigenvalue weighted by atomic mass is 79.9. The highest BCUT2D eigenvalue weighted by Crippen LogP contribution is 2.39. The smallest absolute Gasteiger partial charge is 0.244 e. The molecule has 0 N–H and O–H groups in total. The molecule has 1 aliphatic rings. The molecule has 0 aliphatic heterocycles. The minimum atomic E-state index is -3.63. The quantitative estimate of drug-likeness (QED) is 0.466. The van der Waals surface area contributed by atoms with E-state index in [4.69, 9.17) is 16.6 Å². The Kier molecular flexibility index (Phi) is 6.70. The molecule has 0 bridgehead atoms. The number of halogens is 2. The number of aromatic nitrogens is 1. The second-order valence-electron chi connectivity index (χ2n) is 6.88. The van der Waals surface area contributed by atoms with Gasteiger partial charge in [0.15, 0.2) is 4.80 Å². The topological polar surface area (TPSA) is 54.7 Å². The fourth-order valence-electron chi connectivity index (χ4n) is 2.97. The third-order valence-corrected chi connectivity index (χ3v) is 7.76. The number of benzene rings is 2. The van der Waals surface area contributed by atoms with E-state index in [1.54, 1.807) is 23.5 Å². The first-order valence-corrected chi connectivity index (χ1v) is 11.6. The molecule has 5 nitrogen and oxygen atoms in total. The predicted octanol–water partition coefficient (Wildman–Crippen LogP) is 5.27. The minimum absolute atomic E-state index is 0. The van der Waals surface area contributed by atoms with Gasteiger partial charge in [-0.2, -0.15) is 0 Å². The summed E-state index contributed by atoms with van der Waals surface area (Å²) in [5, 5.41) is 2.26. The maximum atomic E-state index is 12.6. The van der Waals surface area contributed by atoms with Crippen LogP contribution in [0.3, 0.4) is 0 Å². The van der Waals surface area contributed by atoms with Gasteiger partial charge in [0, 0.05) is 31.1 Å². The molecule has 0 spiro atoms. The first kappa shape index (κ1) is 22.2. The monoisotopic (exact) mass is 513 g/mol. The molecule has 9 heteroatoms. The Morgan fingerprint density at radius 1 is 1.14 bits per heavy atom. The van der Waals surface area contributed by atoms with E-state index in [9.17, 15) is 8.42 Å². The summed E-state index contributed by atoms with van der Waals surface area (Å²) >= 11 is 7.77. The van der Waals surface area contributed by atoms with Crippen LogP contribution in [0.5, 0.6) is 0 Å². The molecular weight excluding hydrogens is 494 g/mol. The van der Waals surface area contributed by atoms with E-state index in [0.29, 0.717) is 6.04 Å². The van der Waals surface area contributed by atoms with Crippen LogP contribution in [0.4, 0.5) is 5.69 Å². The minimum Gasteiger partial charge on any atom is -0.313 e. The van der Waals surface area contributed by atoms with Crippen LogP contribution in [0.2, 0.25) is 5.02 Å². The van der Waals surface area contributed by atoms with Crippen LogP contribution in [0, 0.1) is 0 Å². The molecule has 1 fully saturated rings. The van der Waals surface area contributed by atoms with Gasteiger partial charge in [0.1, 0.15) is 4.90 Å². The largest absolute Gasteiger partial charge is 0.313 e. The summed E-state index contributed by atoms with van der Waals surface area (Å²) in [5.74, 6) is 0. The van der Waals surface area contributed by atoms with Crippen LogP contribution in [-0.2, 0) is 10.0 Å². The highest BCUT2D eigenvalue weighted by Gasteiger charge is 2.28. The normalized spacial score (nSPS) is 14.8.